The molecule has 1 aromatic carbocycles. The Bertz CT molecular complexity index is 691. The number of aliphatic carboxylic acids is 1. The molecular weight excluding hydrogens is 322 g/mol. The van der Waals surface area contributed by atoms with Crippen LogP contribution in [0.25, 0.3) is 10.9 Å². The summed E-state index contributed by atoms with van der Waals surface area (Å²) in [7, 11) is 0. The molecule has 2 aromatic rings. The molecule has 1 heterocycles. The Balaban J connectivity index is 2.03. The van der Waals surface area contributed by atoms with Crippen molar-refractivity contribution in [2.45, 2.75) is 19.3 Å². The number of nitrogens with one attached hydrogen (secondary N) is 1. The van der Waals surface area contributed by atoms with Crippen LogP contribution in [0.15, 0.2) is 28.9 Å². The second-order valence-electron chi connectivity index (χ2n) is 5.21. The van der Waals surface area contributed by atoms with Crippen LogP contribution in [-0.2, 0) is 4.79 Å². The molecule has 1 aromatic heterocycles. The van der Waals surface area contributed by atoms with E-state index >= 15 is 0 Å². The van der Waals surface area contributed by atoms with Crippen molar-refractivity contribution >= 4 is 38.6 Å². The summed E-state index contributed by atoms with van der Waals surface area (Å²) in [6.07, 6.45) is 3.74. The summed E-state index contributed by atoms with van der Waals surface area (Å²) in [5.74, 6) is -1.87. The van der Waals surface area contributed by atoms with Crippen molar-refractivity contribution in [3.63, 3.8) is 0 Å². The number of benzene rings is 1. The Kier molecular flexibility index (Phi) is 3.38. The highest BCUT2D eigenvalue weighted by Gasteiger charge is 2.38. The molecule has 104 valence electrons. The number of ketones is 1. The third kappa shape index (κ3) is 2.06. The summed E-state index contributed by atoms with van der Waals surface area (Å²) in [6, 6.07) is 5.68. The van der Waals surface area contributed by atoms with Gasteiger partial charge in [0.2, 0.25) is 0 Å². The van der Waals surface area contributed by atoms with Crippen molar-refractivity contribution in [1.29, 1.82) is 0 Å². The molecule has 0 amide bonds. The summed E-state index contributed by atoms with van der Waals surface area (Å²) in [5, 5.41) is 10.1. The largest absolute Gasteiger partial charge is 0.481 e. The van der Waals surface area contributed by atoms with Crippen LogP contribution in [-0.4, -0.2) is 21.8 Å². The van der Waals surface area contributed by atoms with Gasteiger partial charge in [-0.2, -0.15) is 0 Å². The second-order valence-corrected chi connectivity index (χ2v) is 6.07. The summed E-state index contributed by atoms with van der Waals surface area (Å²) in [6.45, 7) is 0. The molecule has 2 N–H and O–H groups in total. The van der Waals surface area contributed by atoms with E-state index in [2.05, 4.69) is 20.9 Å². The van der Waals surface area contributed by atoms with Crippen LogP contribution in [0, 0.1) is 11.8 Å². The fourth-order valence-corrected chi connectivity index (χ4v) is 3.68. The lowest BCUT2D eigenvalue weighted by molar-refractivity contribution is -0.142. The highest BCUT2D eigenvalue weighted by molar-refractivity contribution is 9.10. The van der Waals surface area contributed by atoms with Crippen molar-refractivity contribution in [1.82, 2.24) is 4.98 Å². The lowest BCUT2D eigenvalue weighted by Gasteiger charge is -2.14. The number of carboxylic acid groups (broad SMARTS) is 1. The summed E-state index contributed by atoms with van der Waals surface area (Å²) < 4.78 is 0.851. The van der Waals surface area contributed by atoms with Crippen LogP contribution in [0.5, 0.6) is 0 Å². The van der Waals surface area contributed by atoms with Crippen LogP contribution in [0.2, 0.25) is 0 Å². The van der Waals surface area contributed by atoms with Crippen LogP contribution in [0.4, 0.5) is 0 Å². The van der Waals surface area contributed by atoms with Gasteiger partial charge >= 0.3 is 5.97 Å². The normalized spacial score (nSPS) is 22.2. The molecule has 1 aliphatic carbocycles. The zero-order valence-electron chi connectivity index (χ0n) is 10.7. The van der Waals surface area contributed by atoms with E-state index in [0.29, 0.717) is 18.4 Å². The predicted octanol–water partition coefficient (Wildman–Crippen LogP) is 3.61. The average Bonchev–Trinajstić information content (AvgIpc) is 3.05. The Morgan fingerprint density at radius 2 is 2.00 bits per heavy atom. The topological polar surface area (TPSA) is 70.2 Å². The Labute approximate surface area is 124 Å². The number of carbonyl (C=O) groups excluding carboxylic acids is 1. The van der Waals surface area contributed by atoms with Crippen molar-refractivity contribution in [2.24, 2.45) is 11.8 Å². The van der Waals surface area contributed by atoms with Gasteiger partial charge in [-0.3, -0.25) is 9.59 Å². The van der Waals surface area contributed by atoms with Crippen molar-refractivity contribution < 1.29 is 14.7 Å². The van der Waals surface area contributed by atoms with E-state index in [-0.39, 0.29) is 5.78 Å². The first-order valence-corrected chi connectivity index (χ1v) is 7.41. The molecule has 1 aliphatic rings. The van der Waals surface area contributed by atoms with E-state index in [0.717, 1.165) is 21.8 Å². The van der Waals surface area contributed by atoms with E-state index in [1.165, 1.54) is 0 Å². The number of hydrogen-bond acceptors (Lipinski definition) is 2. The summed E-state index contributed by atoms with van der Waals surface area (Å²) >= 11 is 3.46. The van der Waals surface area contributed by atoms with E-state index in [1.54, 1.807) is 6.20 Å². The molecule has 20 heavy (non-hydrogen) atoms. The molecule has 0 spiro atoms. The third-order valence-corrected chi connectivity index (χ3v) is 4.75. The number of halogens is 1. The molecule has 2 atom stereocenters. The van der Waals surface area contributed by atoms with Gasteiger partial charge in [0, 0.05) is 33.1 Å². The van der Waals surface area contributed by atoms with E-state index in [1.807, 2.05) is 18.2 Å². The monoisotopic (exact) mass is 335 g/mol. The maximum atomic E-state index is 12.7. The molecule has 1 saturated carbocycles. The molecule has 0 saturated heterocycles. The van der Waals surface area contributed by atoms with Gasteiger partial charge < -0.3 is 10.1 Å². The lowest BCUT2D eigenvalue weighted by atomic mass is 9.88. The van der Waals surface area contributed by atoms with Crippen LogP contribution in [0.1, 0.15) is 29.6 Å². The first-order valence-electron chi connectivity index (χ1n) is 6.62. The highest BCUT2D eigenvalue weighted by atomic mass is 79.9. The van der Waals surface area contributed by atoms with Gasteiger partial charge in [0.1, 0.15) is 0 Å². The smallest absolute Gasteiger partial charge is 0.307 e. The minimum Gasteiger partial charge on any atom is -0.481 e. The number of carboxylic acids is 1. The molecule has 0 aliphatic heterocycles. The fourth-order valence-electron chi connectivity index (χ4n) is 3.10. The minimum absolute atomic E-state index is 0.0620. The van der Waals surface area contributed by atoms with Gasteiger partial charge in [-0.1, -0.05) is 28.4 Å². The third-order valence-electron chi connectivity index (χ3n) is 4.09. The van der Waals surface area contributed by atoms with E-state index < -0.39 is 17.8 Å². The molecule has 1 fully saturated rings. The number of rotatable bonds is 3. The second kappa shape index (κ2) is 5.05. The zero-order valence-corrected chi connectivity index (χ0v) is 12.3. The standard InChI is InChI=1S/C15H14BrNO3/c16-11-5-2-6-12-13(11)10(7-17-12)14(18)8-3-1-4-9(8)15(19)20/h2,5-9,17H,1,3-4H2,(H,19,20). The molecule has 4 nitrogen and oxygen atoms in total. The Morgan fingerprint density at radius 3 is 2.75 bits per heavy atom. The average molecular weight is 336 g/mol. The van der Waals surface area contributed by atoms with Crippen LogP contribution in [0.3, 0.4) is 0 Å². The van der Waals surface area contributed by atoms with Gasteiger partial charge in [-0.25, -0.2) is 0 Å². The van der Waals surface area contributed by atoms with Gasteiger partial charge in [0.15, 0.2) is 5.78 Å². The number of H-pyrrole nitrogens is 1. The first-order chi connectivity index (χ1) is 9.59. The molecule has 3 rings (SSSR count). The zero-order chi connectivity index (χ0) is 14.3. The fraction of sp³-hybridized carbons (Fsp3) is 0.333. The maximum absolute atomic E-state index is 12.7. The summed E-state index contributed by atoms with van der Waals surface area (Å²) in [5.41, 5.74) is 1.47. The van der Waals surface area contributed by atoms with Crippen molar-refractivity contribution in [2.75, 3.05) is 0 Å². The van der Waals surface area contributed by atoms with Gasteiger partial charge in [-0.05, 0) is 25.0 Å². The van der Waals surface area contributed by atoms with Crippen molar-refractivity contribution in [3.05, 3.63) is 34.4 Å². The first kappa shape index (κ1) is 13.4. The number of aromatic amines is 1. The van der Waals surface area contributed by atoms with Gasteiger partial charge in [0.25, 0.3) is 0 Å². The van der Waals surface area contributed by atoms with E-state index in [9.17, 15) is 14.7 Å². The van der Waals surface area contributed by atoms with Gasteiger partial charge in [0.05, 0.1) is 5.92 Å². The van der Waals surface area contributed by atoms with Crippen LogP contribution >= 0.6 is 15.9 Å². The molecule has 2 unspecified atom stereocenters. The SMILES string of the molecule is O=C(O)C1CCCC1C(=O)c1c[nH]c2cccc(Br)c12. The van der Waals surface area contributed by atoms with Crippen LogP contribution < -0.4 is 0 Å². The van der Waals surface area contributed by atoms with Gasteiger partial charge in [-0.15, -0.1) is 0 Å². The highest BCUT2D eigenvalue weighted by Crippen LogP contribution is 2.37. The van der Waals surface area contributed by atoms with Crippen molar-refractivity contribution in [3.8, 4) is 0 Å². The maximum Gasteiger partial charge on any atom is 0.307 e. The Hall–Kier alpha value is -1.62. The number of hydrogen-bond donors (Lipinski definition) is 2. The molecule has 0 bridgehead atoms. The quantitative estimate of drug-likeness (QED) is 0.841. The molecule has 5 heteroatoms. The Morgan fingerprint density at radius 1 is 1.25 bits per heavy atom. The lowest BCUT2D eigenvalue weighted by Crippen LogP contribution is -2.25. The minimum atomic E-state index is -0.861. The number of carbonyl (C=O) groups is 2. The number of Topliss-reactive ketones (excluding diaryl/α,β-unsaturated/α-hetero) is 1. The molecular formula is C15H14BrNO3. The predicted molar refractivity (Wildman–Crippen MR) is 78.8 cm³/mol. The van der Waals surface area contributed by atoms with E-state index in [4.69, 9.17) is 0 Å². The number of fused-ring (bicyclic) bond motifs is 1. The summed E-state index contributed by atoms with van der Waals surface area (Å²) in [4.78, 5) is 27.0. The number of aromatic nitrogens is 1. The molecule has 0 radical (unpaired) electrons.